The van der Waals surface area contributed by atoms with Crippen molar-refractivity contribution in [1.82, 2.24) is 9.13 Å². The van der Waals surface area contributed by atoms with Crippen molar-refractivity contribution in [3.05, 3.63) is 223 Å². The van der Waals surface area contributed by atoms with E-state index in [-0.39, 0.29) is 0 Å². The highest BCUT2D eigenvalue weighted by atomic mass is 19.4. The number of para-hydroxylation sites is 2. The number of rotatable bonds is 6. The van der Waals surface area contributed by atoms with E-state index in [9.17, 15) is 13.2 Å². The zero-order valence-electron chi connectivity index (χ0n) is 34.0. The smallest absolute Gasteiger partial charge is 0.309 e. The van der Waals surface area contributed by atoms with Gasteiger partial charge in [-0.3, -0.25) is 0 Å². The van der Waals surface area contributed by atoms with Gasteiger partial charge in [0.2, 0.25) is 0 Å². The topological polar surface area (TPSA) is 14.2 Å². The van der Waals surface area contributed by atoms with Crippen LogP contribution < -0.4 is 0 Å². The first kappa shape index (κ1) is 37.8. The average Bonchev–Trinajstić information content (AvgIpc) is 3.83. The van der Waals surface area contributed by atoms with Gasteiger partial charge in [0.15, 0.2) is 5.69 Å². The SMILES string of the molecule is [C-]#[N+]c1ccc(-n2c3ccccc3c3cc(-c4ccccc4)ccc32)c(-c2ccc(-c3cc(C)cc(C(F)(F)F)c3)cc2-n2c3ccccc3c3cc(-c4ccccc4)ccc32)c1. The number of hydrogen-bond acceptors (Lipinski definition) is 0. The molecule has 0 aliphatic rings. The minimum absolute atomic E-state index is 0.467. The van der Waals surface area contributed by atoms with Crippen LogP contribution >= 0.6 is 0 Å². The second kappa shape index (κ2) is 14.8. The van der Waals surface area contributed by atoms with Crippen molar-refractivity contribution < 1.29 is 13.2 Å². The van der Waals surface area contributed by atoms with Gasteiger partial charge in [-0.25, -0.2) is 4.85 Å². The fourth-order valence-electron chi connectivity index (χ4n) is 9.33. The predicted octanol–water partition coefficient (Wildman–Crippen LogP) is 16.4. The molecule has 0 saturated carbocycles. The van der Waals surface area contributed by atoms with Gasteiger partial charge in [-0.15, -0.1) is 0 Å². The van der Waals surface area contributed by atoms with E-state index in [1.165, 1.54) is 12.1 Å². The van der Waals surface area contributed by atoms with Gasteiger partial charge in [-0.05, 0) is 118 Å². The Morgan fingerprint density at radius 1 is 0.397 bits per heavy atom. The van der Waals surface area contributed by atoms with Crippen LogP contribution in [0.15, 0.2) is 200 Å². The minimum atomic E-state index is -4.51. The monoisotopic (exact) mass is 819 g/mol. The summed E-state index contributed by atoms with van der Waals surface area (Å²) in [5.74, 6) is 0. The number of halogens is 3. The maximum absolute atomic E-state index is 14.3. The van der Waals surface area contributed by atoms with Crippen LogP contribution in [-0.2, 0) is 6.18 Å². The maximum Gasteiger partial charge on any atom is 0.416 e. The summed E-state index contributed by atoms with van der Waals surface area (Å²) in [5, 5.41) is 4.28. The third-order valence-electron chi connectivity index (χ3n) is 12.2. The van der Waals surface area contributed by atoms with E-state index >= 15 is 0 Å². The van der Waals surface area contributed by atoms with Crippen molar-refractivity contribution in [2.24, 2.45) is 0 Å². The third kappa shape index (κ3) is 6.45. The molecule has 0 amide bonds. The fraction of sp³-hybridized carbons (Fsp3) is 0.0351. The van der Waals surface area contributed by atoms with Crippen LogP contribution in [0.1, 0.15) is 11.1 Å². The molecule has 2 aromatic heterocycles. The Morgan fingerprint density at radius 2 is 0.905 bits per heavy atom. The summed E-state index contributed by atoms with van der Waals surface area (Å²) < 4.78 is 47.4. The zero-order valence-corrected chi connectivity index (χ0v) is 34.0. The number of benzene rings is 9. The quantitative estimate of drug-likeness (QED) is 0.148. The Balaban J connectivity index is 1.22. The van der Waals surface area contributed by atoms with E-state index in [4.69, 9.17) is 6.57 Å². The van der Waals surface area contributed by atoms with E-state index in [2.05, 4.69) is 105 Å². The van der Waals surface area contributed by atoms with Crippen molar-refractivity contribution in [2.75, 3.05) is 0 Å². The van der Waals surface area contributed by atoms with Crippen LogP contribution in [0, 0.1) is 13.5 Å². The Bertz CT molecular complexity index is 3630. The van der Waals surface area contributed by atoms with Gasteiger partial charge in [0.25, 0.3) is 0 Å². The molecular formula is C57H36F3N3. The van der Waals surface area contributed by atoms with Gasteiger partial charge in [-0.2, -0.15) is 13.2 Å². The highest BCUT2D eigenvalue weighted by Gasteiger charge is 2.31. The summed E-state index contributed by atoms with van der Waals surface area (Å²) in [6.07, 6.45) is -4.51. The highest BCUT2D eigenvalue weighted by Crippen LogP contribution is 2.45. The molecule has 0 radical (unpaired) electrons. The van der Waals surface area contributed by atoms with Crippen LogP contribution in [0.5, 0.6) is 0 Å². The summed E-state index contributed by atoms with van der Waals surface area (Å²) in [6, 6.07) is 66.3. The summed E-state index contributed by atoms with van der Waals surface area (Å²) in [4.78, 5) is 3.91. The molecule has 63 heavy (non-hydrogen) atoms. The maximum atomic E-state index is 14.3. The van der Waals surface area contributed by atoms with Crippen molar-refractivity contribution in [3.8, 4) is 55.9 Å². The molecule has 2 heterocycles. The van der Waals surface area contributed by atoms with Crippen LogP contribution in [0.4, 0.5) is 18.9 Å². The van der Waals surface area contributed by atoms with Gasteiger partial charge in [0, 0.05) is 27.1 Å². The number of nitrogens with zero attached hydrogens (tertiary/aromatic N) is 3. The Morgan fingerprint density at radius 3 is 1.48 bits per heavy atom. The Labute approximate surface area is 362 Å². The molecule has 0 atom stereocenters. The number of hydrogen-bond donors (Lipinski definition) is 0. The van der Waals surface area contributed by atoms with E-state index in [1.54, 1.807) is 13.0 Å². The van der Waals surface area contributed by atoms with E-state index < -0.39 is 11.7 Å². The molecule has 0 fully saturated rings. The molecule has 300 valence electrons. The van der Waals surface area contributed by atoms with E-state index in [1.807, 2.05) is 91.0 Å². The molecular weight excluding hydrogens is 784 g/mol. The van der Waals surface area contributed by atoms with Crippen LogP contribution in [-0.4, -0.2) is 9.13 Å². The lowest BCUT2D eigenvalue weighted by Gasteiger charge is -2.20. The Hall–Kier alpha value is -8.14. The minimum Gasteiger partial charge on any atom is -0.309 e. The molecule has 0 bridgehead atoms. The summed E-state index contributed by atoms with van der Waals surface area (Å²) in [5.41, 5.74) is 13.0. The van der Waals surface area contributed by atoms with Crippen LogP contribution in [0.25, 0.3) is 104 Å². The molecule has 0 aliphatic carbocycles. The molecule has 6 heteroatoms. The number of aryl methyl sites for hydroxylation is 1. The fourth-order valence-corrected chi connectivity index (χ4v) is 9.33. The lowest BCUT2D eigenvalue weighted by atomic mass is 9.94. The second-order valence-corrected chi connectivity index (χ2v) is 16.0. The van der Waals surface area contributed by atoms with Crippen molar-refractivity contribution in [1.29, 1.82) is 0 Å². The van der Waals surface area contributed by atoms with Crippen molar-refractivity contribution in [3.63, 3.8) is 0 Å². The Kier molecular flexibility index (Phi) is 8.88. The number of alkyl halides is 3. The van der Waals surface area contributed by atoms with Gasteiger partial charge < -0.3 is 9.13 Å². The zero-order chi connectivity index (χ0) is 42.8. The highest BCUT2D eigenvalue weighted by molar-refractivity contribution is 6.13. The molecule has 11 aromatic rings. The van der Waals surface area contributed by atoms with E-state index in [0.29, 0.717) is 22.4 Å². The summed E-state index contributed by atoms with van der Waals surface area (Å²) in [6.45, 7) is 9.87. The molecule has 0 saturated heterocycles. The summed E-state index contributed by atoms with van der Waals surface area (Å²) in [7, 11) is 0. The first-order valence-electron chi connectivity index (χ1n) is 20.8. The molecule has 0 N–H and O–H groups in total. The van der Waals surface area contributed by atoms with Gasteiger partial charge in [0.05, 0.1) is 45.6 Å². The molecule has 0 unspecified atom stereocenters. The first-order chi connectivity index (χ1) is 30.7. The average molecular weight is 820 g/mol. The molecule has 0 spiro atoms. The first-order valence-corrected chi connectivity index (χ1v) is 20.8. The molecule has 3 nitrogen and oxygen atoms in total. The van der Waals surface area contributed by atoms with Gasteiger partial charge in [0.1, 0.15) is 0 Å². The lowest BCUT2D eigenvalue weighted by molar-refractivity contribution is -0.137. The molecule has 11 rings (SSSR count). The predicted molar refractivity (Wildman–Crippen MR) is 253 cm³/mol. The van der Waals surface area contributed by atoms with Crippen LogP contribution in [0.3, 0.4) is 0 Å². The van der Waals surface area contributed by atoms with Crippen molar-refractivity contribution >= 4 is 49.3 Å². The van der Waals surface area contributed by atoms with Crippen molar-refractivity contribution in [2.45, 2.75) is 13.1 Å². The van der Waals surface area contributed by atoms with Crippen LogP contribution in [0.2, 0.25) is 0 Å². The molecule has 0 aliphatic heterocycles. The lowest BCUT2D eigenvalue weighted by Crippen LogP contribution is -2.05. The third-order valence-corrected chi connectivity index (χ3v) is 12.2. The number of aromatic nitrogens is 2. The standard InChI is InChI=1S/C57H36F3N3/c1-36-29-42(31-43(30-36)57(58,59)60)41-21-25-47(56(34-41)63-52-20-12-10-18-46(52)49-33-40(23-27-54(49)63)38-15-7-4-8-16-38)50-35-44(61-2)24-28-55(50)62-51-19-11-9-17-45(51)48-32-39(22-26-53(48)62)37-13-5-3-6-14-37/h3-35H,1H3. The van der Waals surface area contributed by atoms with Gasteiger partial charge >= 0.3 is 6.18 Å². The second-order valence-electron chi connectivity index (χ2n) is 16.0. The molecule has 9 aromatic carbocycles. The number of fused-ring (bicyclic) bond motifs is 6. The summed E-state index contributed by atoms with van der Waals surface area (Å²) >= 11 is 0. The largest absolute Gasteiger partial charge is 0.416 e. The van der Waals surface area contributed by atoms with E-state index in [0.717, 1.165) is 88.4 Å². The normalized spacial score (nSPS) is 11.8. The van der Waals surface area contributed by atoms with Gasteiger partial charge in [-0.1, -0.05) is 133 Å².